The minimum absolute atomic E-state index is 0.262. The van der Waals surface area contributed by atoms with Crippen LogP contribution in [0.2, 0.25) is 0 Å². The molecule has 0 aliphatic heterocycles. The lowest BCUT2D eigenvalue weighted by Gasteiger charge is -2.57. The Morgan fingerprint density at radius 1 is 1.20 bits per heavy atom. The number of thiazole rings is 1. The Morgan fingerprint density at radius 2 is 2.06 bits per heavy atom. The molecular weight excluding hydrogens is 452 g/mol. The summed E-state index contributed by atoms with van der Waals surface area (Å²) in [5, 5.41) is 14.4. The van der Waals surface area contributed by atoms with Gasteiger partial charge in [-0.3, -0.25) is 0 Å². The molecule has 7 atom stereocenters. The molecule has 5 heteroatoms. The molecule has 1 heterocycles. The predicted octanol–water partition coefficient (Wildman–Crippen LogP) is 7.32. The van der Waals surface area contributed by atoms with Crippen molar-refractivity contribution >= 4 is 27.7 Å². The minimum Gasteiger partial charge on any atom is -0.497 e. The number of nitrogens with zero attached hydrogens (tertiary/aromatic N) is 1. The topological polar surface area (TPSA) is 54.4 Å². The van der Waals surface area contributed by atoms with Crippen molar-refractivity contribution in [3.8, 4) is 5.75 Å². The molecule has 4 aliphatic rings. The van der Waals surface area contributed by atoms with E-state index in [9.17, 15) is 5.11 Å². The largest absolute Gasteiger partial charge is 0.497 e. The van der Waals surface area contributed by atoms with E-state index < -0.39 is 0 Å². The third-order valence-electron chi connectivity index (χ3n) is 10.7. The highest BCUT2D eigenvalue weighted by molar-refractivity contribution is 7.16. The maximum absolute atomic E-state index is 9.92. The Morgan fingerprint density at radius 3 is 2.86 bits per heavy atom. The molecule has 2 fully saturated rings. The van der Waals surface area contributed by atoms with Crippen molar-refractivity contribution < 1.29 is 9.84 Å². The zero-order valence-corrected chi connectivity index (χ0v) is 22.5. The third-order valence-corrected chi connectivity index (χ3v) is 11.7. The zero-order valence-electron chi connectivity index (χ0n) is 21.6. The first-order chi connectivity index (χ1) is 16.9. The van der Waals surface area contributed by atoms with Gasteiger partial charge in [-0.25, -0.2) is 4.98 Å². The van der Waals surface area contributed by atoms with Gasteiger partial charge in [0.2, 0.25) is 0 Å². The Kier molecular flexibility index (Phi) is 5.80. The molecule has 0 bridgehead atoms. The molecule has 6 rings (SSSR count). The summed E-state index contributed by atoms with van der Waals surface area (Å²) in [6.45, 7) is 7.74. The van der Waals surface area contributed by atoms with Gasteiger partial charge < -0.3 is 15.2 Å². The van der Waals surface area contributed by atoms with Gasteiger partial charge >= 0.3 is 0 Å². The average molecular weight is 493 g/mol. The van der Waals surface area contributed by atoms with E-state index in [1.165, 1.54) is 49.1 Å². The number of aryl methyl sites for hydroxylation is 1. The number of benzene rings is 1. The fraction of sp³-hybridized carbons (Fsp3) is 0.633. The number of hydrogen-bond donors (Lipinski definition) is 2. The summed E-state index contributed by atoms with van der Waals surface area (Å²) in [5.41, 5.74) is 4.55. The van der Waals surface area contributed by atoms with Crippen molar-refractivity contribution in [2.45, 2.75) is 65.7 Å². The summed E-state index contributed by atoms with van der Waals surface area (Å²) in [5.74, 6) is 4.34. The standard InChI is InChI=1S/C30H40N2O2S/c1-18(17-33)22-10-11-23-21-8-9-25-27-26(13-15-30(25,3)24(21)12-14-29(22,23)2)32-28(35-27)31-19-6-5-7-20(16-19)34-4/h5-7,9,16,18,21-24,33H,8,10-15,17H2,1-4H3,(H,31,32)/t18-,21+,22-,23+,24+,29-,30-/m1/s1. The molecule has 2 N–H and O–H groups in total. The molecule has 35 heavy (non-hydrogen) atoms. The maximum Gasteiger partial charge on any atom is 0.187 e. The summed E-state index contributed by atoms with van der Waals surface area (Å²) in [4.78, 5) is 6.46. The molecule has 188 valence electrons. The van der Waals surface area contributed by atoms with Gasteiger partial charge in [-0.2, -0.15) is 0 Å². The third kappa shape index (κ3) is 3.60. The maximum atomic E-state index is 9.92. The molecule has 2 saturated carbocycles. The van der Waals surface area contributed by atoms with Crippen LogP contribution in [0.15, 0.2) is 30.3 Å². The van der Waals surface area contributed by atoms with E-state index >= 15 is 0 Å². The fourth-order valence-electron chi connectivity index (χ4n) is 8.86. The lowest BCUT2D eigenvalue weighted by molar-refractivity contribution is -0.0430. The molecule has 0 saturated heterocycles. The Bertz CT molecular complexity index is 1140. The number of hydrogen-bond acceptors (Lipinski definition) is 5. The molecule has 4 nitrogen and oxygen atoms in total. The summed E-state index contributed by atoms with van der Waals surface area (Å²) >= 11 is 1.83. The molecule has 4 aliphatic carbocycles. The van der Waals surface area contributed by atoms with Crippen LogP contribution in [0.5, 0.6) is 5.75 Å². The SMILES string of the molecule is COc1cccc(Nc2nc3c(s2)C2=CC[C@H]4[C@@H]5CC[C@H]([C@H](C)CO)[C@@]5(C)CC[C@@H]4[C@@]2(C)CC3)c1. The number of ether oxygens (including phenoxy) is 1. The second-order valence-corrected chi connectivity index (χ2v) is 13.2. The average Bonchev–Trinajstić information content (AvgIpc) is 3.43. The van der Waals surface area contributed by atoms with Crippen molar-refractivity contribution in [1.29, 1.82) is 0 Å². The molecule has 0 amide bonds. The molecule has 1 aromatic heterocycles. The Balaban J connectivity index is 1.28. The van der Waals surface area contributed by atoms with Crippen molar-refractivity contribution in [3.63, 3.8) is 0 Å². The predicted molar refractivity (Wildman–Crippen MR) is 144 cm³/mol. The zero-order chi connectivity index (χ0) is 24.4. The second kappa shape index (κ2) is 8.62. The van der Waals surface area contributed by atoms with Crippen molar-refractivity contribution in [3.05, 3.63) is 40.9 Å². The van der Waals surface area contributed by atoms with Crippen LogP contribution in [0.1, 0.15) is 69.9 Å². The number of anilines is 2. The monoisotopic (exact) mass is 492 g/mol. The van der Waals surface area contributed by atoms with Gasteiger partial charge in [0.1, 0.15) is 5.75 Å². The highest BCUT2D eigenvalue weighted by Gasteiger charge is 2.59. The van der Waals surface area contributed by atoms with Gasteiger partial charge in [-0.15, -0.1) is 0 Å². The van der Waals surface area contributed by atoms with Gasteiger partial charge in [0, 0.05) is 18.4 Å². The molecule has 2 aromatic rings. The first-order valence-electron chi connectivity index (χ1n) is 13.6. The molecule has 1 aromatic carbocycles. The van der Waals surface area contributed by atoms with E-state index in [4.69, 9.17) is 9.72 Å². The Hall–Kier alpha value is -1.85. The lowest BCUT2D eigenvalue weighted by Crippen LogP contribution is -2.50. The summed E-state index contributed by atoms with van der Waals surface area (Å²) in [7, 11) is 1.71. The quantitative estimate of drug-likeness (QED) is 0.459. The lowest BCUT2D eigenvalue weighted by atomic mass is 9.47. The van der Waals surface area contributed by atoms with E-state index in [2.05, 4.69) is 38.2 Å². The smallest absolute Gasteiger partial charge is 0.187 e. The summed E-state index contributed by atoms with van der Waals surface area (Å²) in [6.07, 6.45) is 11.4. The van der Waals surface area contributed by atoms with Crippen LogP contribution in [-0.2, 0) is 6.42 Å². The van der Waals surface area contributed by atoms with Crippen molar-refractivity contribution in [1.82, 2.24) is 4.98 Å². The highest BCUT2D eigenvalue weighted by atomic mass is 32.1. The number of methoxy groups -OCH3 is 1. The number of aromatic nitrogens is 1. The number of aliphatic hydroxyl groups is 1. The first kappa shape index (κ1) is 23.5. The number of rotatable bonds is 5. The normalized spacial score (nSPS) is 36.3. The molecule has 0 radical (unpaired) electrons. The van der Waals surface area contributed by atoms with E-state index in [1.54, 1.807) is 12.7 Å². The molecule has 0 unspecified atom stereocenters. The van der Waals surface area contributed by atoms with Gasteiger partial charge in [-0.05, 0) is 103 Å². The van der Waals surface area contributed by atoms with Crippen LogP contribution < -0.4 is 10.1 Å². The first-order valence-corrected chi connectivity index (χ1v) is 14.4. The highest BCUT2D eigenvalue weighted by Crippen LogP contribution is 2.68. The van der Waals surface area contributed by atoms with E-state index in [-0.39, 0.29) is 5.41 Å². The second-order valence-electron chi connectivity index (χ2n) is 12.2. The fourth-order valence-corrected chi connectivity index (χ4v) is 10.1. The summed E-state index contributed by atoms with van der Waals surface area (Å²) < 4.78 is 5.39. The molecular formula is C30H40N2O2S. The van der Waals surface area contributed by atoms with Crippen LogP contribution in [-0.4, -0.2) is 23.8 Å². The minimum atomic E-state index is 0.262. The number of nitrogens with one attached hydrogen (secondary N) is 1. The van der Waals surface area contributed by atoms with Crippen LogP contribution in [0, 0.1) is 40.4 Å². The molecule has 0 spiro atoms. The van der Waals surface area contributed by atoms with Crippen molar-refractivity contribution in [2.24, 2.45) is 40.4 Å². The van der Waals surface area contributed by atoms with Gasteiger partial charge in [0.25, 0.3) is 0 Å². The van der Waals surface area contributed by atoms with E-state index in [0.717, 1.165) is 40.7 Å². The van der Waals surface area contributed by atoms with Crippen molar-refractivity contribution in [2.75, 3.05) is 19.0 Å². The van der Waals surface area contributed by atoms with Crippen LogP contribution in [0.3, 0.4) is 0 Å². The van der Waals surface area contributed by atoms with Crippen LogP contribution in [0.25, 0.3) is 5.57 Å². The van der Waals surface area contributed by atoms with Gasteiger partial charge in [0.15, 0.2) is 5.13 Å². The van der Waals surface area contributed by atoms with E-state index in [0.29, 0.717) is 23.9 Å². The Labute approximate surface area is 214 Å². The number of fused-ring (bicyclic) bond motifs is 7. The van der Waals surface area contributed by atoms with E-state index in [1.807, 2.05) is 29.5 Å². The number of allylic oxidation sites excluding steroid dienone is 2. The van der Waals surface area contributed by atoms with Crippen LogP contribution >= 0.6 is 11.3 Å². The van der Waals surface area contributed by atoms with Gasteiger partial charge in [0.05, 0.1) is 17.7 Å². The van der Waals surface area contributed by atoms with Crippen LogP contribution in [0.4, 0.5) is 10.8 Å². The number of aliphatic hydroxyl groups excluding tert-OH is 1. The summed E-state index contributed by atoms with van der Waals surface area (Å²) in [6, 6.07) is 8.09. The van der Waals surface area contributed by atoms with Gasteiger partial charge in [-0.1, -0.05) is 44.3 Å².